The molecule has 1 N–H and O–H groups in total. The minimum Gasteiger partial charge on any atom is -0.384 e. The zero-order valence-corrected chi connectivity index (χ0v) is 13.5. The highest BCUT2D eigenvalue weighted by Crippen LogP contribution is 2.43. The van der Waals surface area contributed by atoms with Crippen LogP contribution in [-0.2, 0) is 20.8 Å². The summed E-state index contributed by atoms with van der Waals surface area (Å²) in [5, 5.41) is 7.57. The largest absolute Gasteiger partial charge is 0.384 e. The second kappa shape index (κ2) is 6.38. The van der Waals surface area contributed by atoms with Crippen LogP contribution in [0.15, 0.2) is 6.07 Å². The second-order valence-corrected chi connectivity index (χ2v) is 6.40. The van der Waals surface area contributed by atoms with Crippen LogP contribution < -0.4 is 5.32 Å². The van der Waals surface area contributed by atoms with Gasteiger partial charge in [0.2, 0.25) is 5.91 Å². The third-order valence-electron chi connectivity index (χ3n) is 4.87. The molecule has 1 amide bonds. The van der Waals surface area contributed by atoms with Gasteiger partial charge in [0.05, 0.1) is 18.4 Å². The van der Waals surface area contributed by atoms with Crippen LogP contribution in [0.5, 0.6) is 0 Å². The molecule has 0 unspecified atom stereocenters. The summed E-state index contributed by atoms with van der Waals surface area (Å²) in [6, 6.07) is 2.22. The number of ether oxygens (including phenoxy) is 2. The van der Waals surface area contributed by atoms with Gasteiger partial charge in [-0.15, -0.1) is 0 Å². The molecular formula is C16H25N3O3. The van der Waals surface area contributed by atoms with Gasteiger partial charge in [0, 0.05) is 50.3 Å². The minimum absolute atomic E-state index is 0.0870. The van der Waals surface area contributed by atoms with Crippen LogP contribution in [0.2, 0.25) is 0 Å². The average Bonchev–Trinajstić information content (AvgIpc) is 3.04. The maximum atomic E-state index is 12.2. The monoisotopic (exact) mass is 307 g/mol. The molecule has 1 aliphatic heterocycles. The quantitative estimate of drug-likeness (QED) is 0.853. The van der Waals surface area contributed by atoms with Crippen LogP contribution in [0.4, 0.5) is 0 Å². The van der Waals surface area contributed by atoms with Gasteiger partial charge in [0.25, 0.3) is 0 Å². The summed E-state index contributed by atoms with van der Waals surface area (Å²) in [6.07, 6.45) is 1.75. The van der Waals surface area contributed by atoms with Crippen molar-refractivity contribution in [1.82, 2.24) is 15.1 Å². The number of aryl methyl sites for hydroxylation is 3. The Morgan fingerprint density at radius 3 is 3.05 bits per heavy atom. The Hall–Kier alpha value is -1.40. The first-order valence-corrected chi connectivity index (χ1v) is 8.01. The second-order valence-electron chi connectivity index (χ2n) is 6.40. The van der Waals surface area contributed by atoms with Gasteiger partial charge in [-0.3, -0.25) is 9.48 Å². The molecule has 6 nitrogen and oxygen atoms in total. The van der Waals surface area contributed by atoms with Crippen molar-refractivity contribution in [2.75, 3.05) is 20.3 Å². The van der Waals surface area contributed by atoms with Gasteiger partial charge >= 0.3 is 0 Å². The molecule has 0 radical (unpaired) electrons. The Balaban J connectivity index is 1.52. The first-order chi connectivity index (χ1) is 10.6. The van der Waals surface area contributed by atoms with Gasteiger partial charge in [-0.25, -0.2) is 0 Å². The van der Waals surface area contributed by atoms with Gasteiger partial charge in [-0.05, 0) is 26.3 Å². The van der Waals surface area contributed by atoms with E-state index in [1.54, 1.807) is 7.11 Å². The van der Waals surface area contributed by atoms with E-state index in [9.17, 15) is 4.79 Å². The topological polar surface area (TPSA) is 65.4 Å². The lowest BCUT2D eigenvalue weighted by Gasteiger charge is -2.47. The minimum atomic E-state index is 0.0870. The van der Waals surface area contributed by atoms with E-state index in [2.05, 4.69) is 10.4 Å². The number of nitrogens with zero attached hydrogens (tertiary/aromatic N) is 2. The van der Waals surface area contributed by atoms with Crippen molar-refractivity contribution < 1.29 is 14.3 Å². The summed E-state index contributed by atoms with van der Waals surface area (Å²) >= 11 is 0. The summed E-state index contributed by atoms with van der Waals surface area (Å²) < 4.78 is 12.9. The fourth-order valence-electron chi connectivity index (χ4n) is 3.80. The Bertz CT molecular complexity index is 543. The first-order valence-electron chi connectivity index (χ1n) is 8.01. The van der Waals surface area contributed by atoms with Crippen LogP contribution >= 0.6 is 0 Å². The SMILES string of the molecule is COC[C@@H]1[C@H](NC(=O)CCn2nc(C)cc2C)[C@@H]2CCO[C@H]12. The van der Waals surface area contributed by atoms with Gasteiger partial charge in [-0.2, -0.15) is 5.10 Å². The molecule has 0 aromatic carbocycles. The Kier molecular flexibility index (Phi) is 4.49. The van der Waals surface area contributed by atoms with Gasteiger partial charge in [0.15, 0.2) is 0 Å². The number of fused-ring (bicyclic) bond motifs is 1. The zero-order valence-electron chi connectivity index (χ0n) is 13.5. The number of carbonyl (C=O) groups is 1. The van der Waals surface area contributed by atoms with Crippen LogP contribution in [0.25, 0.3) is 0 Å². The predicted molar refractivity (Wildman–Crippen MR) is 81.5 cm³/mol. The fraction of sp³-hybridized carbons (Fsp3) is 0.750. The van der Waals surface area contributed by atoms with Gasteiger partial charge < -0.3 is 14.8 Å². The molecule has 2 aliphatic rings. The number of rotatable bonds is 6. The summed E-state index contributed by atoms with van der Waals surface area (Å²) in [4.78, 5) is 12.2. The molecule has 1 aromatic heterocycles. The Morgan fingerprint density at radius 2 is 2.36 bits per heavy atom. The lowest BCUT2D eigenvalue weighted by atomic mass is 9.67. The fourth-order valence-corrected chi connectivity index (χ4v) is 3.80. The van der Waals surface area contributed by atoms with Gasteiger partial charge in [-0.1, -0.05) is 0 Å². The number of hydrogen-bond acceptors (Lipinski definition) is 4. The van der Waals surface area contributed by atoms with Crippen molar-refractivity contribution >= 4 is 5.91 Å². The lowest BCUT2D eigenvalue weighted by molar-refractivity contribution is -0.130. The first kappa shape index (κ1) is 15.5. The van der Waals surface area contributed by atoms with Crippen molar-refractivity contribution in [2.45, 2.75) is 45.4 Å². The van der Waals surface area contributed by atoms with Gasteiger partial charge in [0.1, 0.15) is 0 Å². The predicted octanol–water partition coefficient (Wildman–Crippen LogP) is 1.06. The van der Waals surface area contributed by atoms with E-state index in [0.717, 1.165) is 24.4 Å². The summed E-state index contributed by atoms with van der Waals surface area (Å²) in [5.41, 5.74) is 2.08. The number of hydrogen-bond donors (Lipinski definition) is 1. The van der Waals surface area contributed by atoms with Crippen LogP contribution in [0.1, 0.15) is 24.2 Å². The summed E-state index contributed by atoms with van der Waals surface area (Å²) in [6.45, 7) is 6.04. The van der Waals surface area contributed by atoms with Crippen LogP contribution in [-0.4, -0.2) is 48.2 Å². The summed E-state index contributed by atoms with van der Waals surface area (Å²) in [7, 11) is 1.70. The molecule has 1 saturated heterocycles. The number of aromatic nitrogens is 2. The molecule has 122 valence electrons. The van der Waals surface area contributed by atoms with E-state index in [4.69, 9.17) is 9.47 Å². The third kappa shape index (κ3) is 2.90. The molecule has 22 heavy (non-hydrogen) atoms. The van der Waals surface area contributed by atoms with Crippen molar-refractivity contribution in [2.24, 2.45) is 11.8 Å². The number of amides is 1. The highest BCUT2D eigenvalue weighted by atomic mass is 16.5. The van der Waals surface area contributed by atoms with E-state index >= 15 is 0 Å². The highest BCUT2D eigenvalue weighted by Gasteiger charge is 2.54. The average molecular weight is 307 g/mol. The summed E-state index contributed by atoms with van der Waals surface area (Å²) in [5.74, 6) is 0.830. The van der Waals surface area contributed by atoms with Crippen molar-refractivity contribution in [1.29, 1.82) is 0 Å². The standard InChI is InChI=1S/C16H25N3O3/c1-10-8-11(2)19(18-10)6-4-14(20)17-15-12-5-7-22-16(12)13(15)9-21-3/h8,12-13,15-16H,4-7,9H2,1-3H3,(H,17,20)/t12-,13+,15+,16-/m0/s1. The van der Waals surface area contributed by atoms with Crippen molar-refractivity contribution in [3.05, 3.63) is 17.5 Å². The molecule has 1 aromatic rings. The molecular weight excluding hydrogens is 282 g/mol. The lowest BCUT2D eigenvalue weighted by Crippen LogP contribution is -2.62. The maximum absolute atomic E-state index is 12.2. The normalized spacial score (nSPS) is 30.0. The van der Waals surface area contributed by atoms with Crippen LogP contribution in [0.3, 0.4) is 0 Å². The van der Waals surface area contributed by atoms with Crippen molar-refractivity contribution in [3.63, 3.8) is 0 Å². The molecule has 4 atom stereocenters. The highest BCUT2D eigenvalue weighted by molar-refractivity contribution is 5.76. The number of methoxy groups -OCH3 is 1. The van der Waals surface area contributed by atoms with E-state index in [-0.39, 0.29) is 24.0 Å². The zero-order chi connectivity index (χ0) is 15.7. The van der Waals surface area contributed by atoms with Crippen LogP contribution in [0, 0.1) is 25.7 Å². The molecule has 3 rings (SSSR count). The molecule has 1 aliphatic carbocycles. The maximum Gasteiger partial charge on any atom is 0.222 e. The van der Waals surface area contributed by atoms with E-state index in [1.165, 1.54) is 0 Å². The van der Waals surface area contributed by atoms with Crippen molar-refractivity contribution in [3.8, 4) is 0 Å². The smallest absolute Gasteiger partial charge is 0.222 e. The molecule has 1 saturated carbocycles. The molecule has 6 heteroatoms. The Labute approximate surface area is 131 Å². The molecule has 2 heterocycles. The van der Waals surface area contributed by atoms with E-state index in [0.29, 0.717) is 25.5 Å². The third-order valence-corrected chi connectivity index (χ3v) is 4.87. The molecule has 0 spiro atoms. The molecule has 0 bridgehead atoms. The van der Waals surface area contributed by atoms with E-state index in [1.807, 2.05) is 24.6 Å². The Morgan fingerprint density at radius 1 is 1.55 bits per heavy atom. The number of carbonyl (C=O) groups excluding carboxylic acids is 1. The van der Waals surface area contributed by atoms with E-state index < -0.39 is 0 Å². The molecule has 2 fully saturated rings. The number of nitrogens with one attached hydrogen (secondary N) is 1.